The average molecular weight is 585 g/mol. The molecule has 0 spiro atoms. The zero-order valence-electron chi connectivity index (χ0n) is 25.8. The molecule has 0 radical (unpaired) electrons. The molecule has 46 heavy (non-hydrogen) atoms. The average Bonchev–Trinajstić information content (AvgIpc) is 3.88. The second kappa shape index (κ2) is 9.52. The molecule has 0 unspecified atom stereocenters. The van der Waals surface area contributed by atoms with Gasteiger partial charge in [0.15, 0.2) is 0 Å². The van der Waals surface area contributed by atoms with Crippen LogP contribution in [0.25, 0.3) is 87.2 Å². The summed E-state index contributed by atoms with van der Waals surface area (Å²) in [6, 6.07) is 57.0. The van der Waals surface area contributed by atoms with E-state index < -0.39 is 0 Å². The van der Waals surface area contributed by atoms with Crippen molar-refractivity contribution in [3.8, 4) is 33.4 Å². The Hall–Kier alpha value is -5.46. The van der Waals surface area contributed by atoms with Gasteiger partial charge in [-0.3, -0.25) is 0 Å². The predicted octanol–water partition coefficient (Wildman–Crippen LogP) is 12.9. The van der Waals surface area contributed by atoms with Crippen molar-refractivity contribution in [1.82, 2.24) is 0 Å². The van der Waals surface area contributed by atoms with E-state index in [0.717, 1.165) is 0 Å². The molecule has 0 atom stereocenters. The van der Waals surface area contributed by atoms with Gasteiger partial charge < -0.3 is 0 Å². The third-order valence-electron chi connectivity index (χ3n) is 10.8. The highest BCUT2D eigenvalue weighted by molar-refractivity contribution is 6.28. The summed E-state index contributed by atoms with van der Waals surface area (Å²) < 4.78 is 0. The molecule has 0 nitrogen and oxygen atoms in total. The van der Waals surface area contributed by atoms with Crippen molar-refractivity contribution in [1.29, 1.82) is 0 Å². The van der Waals surface area contributed by atoms with E-state index in [4.69, 9.17) is 0 Å². The lowest BCUT2D eigenvalue weighted by Gasteiger charge is -2.20. The Kier molecular flexibility index (Phi) is 5.35. The number of hydrogen-bond acceptors (Lipinski definition) is 0. The molecule has 1 aliphatic carbocycles. The largest absolute Gasteiger partial charge is 0.0616 e. The Morgan fingerprint density at radius 1 is 0.370 bits per heavy atom. The van der Waals surface area contributed by atoms with Crippen LogP contribution in [0.2, 0.25) is 0 Å². The molecule has 0 bridgehead atoms. The zero-order chi connectivity index (χ0) is 30.4. The first kappa shape index (κ1) is 25.8. The van der Waals surface area contributed by atoms with Crippen LogP contribution in [-0.4, -0.2) is 0 Å². The van der Waals surface area contributed by atoms with Crippen LogP contribution in [0.4, 0.5) is 0 Å². The van der Waals surface area contributed by atoms with Gasteiger partial charge in [0, 0.05) is 0 Å². The molecule has 1 saturated carbocycles. The third kappa shape index (κ3) is 3.87. The van der Waals surface area contributed by atoms with Crippen LogP contribution >= 0.6 is 0 Å². The minimum Gasteiger partial charge on any atom is -0.0616 e. The summed E-state index contributed by atoms with van der Waals surface area (Å²) in [6.45, 7) is 2.41. The van der Waals surface area contributed by atoms with Gasteiger partial charge in [-0.1, -0.05) is 146 Å². The number of rotatable bonds is 4. The maximum Gasteiger partial charge on any atom is -0.00143 e. The van der Waals surface area contributed by atoms with Crippen molar-refractivity contribution in [3.05, 3.63) is 157 Å². The lowest BCUT2D eigenvalue weighted by Crippen LogP contribution is -2.00. The standard InChI is InChI=1S/C46H32/c1-46(23-24-46)37-26-35-19-21-40-42(32-16-14-31(15-17-32)39-12-6-10-30-8-4-5-11-38(30)39)28-43(41-22-20-36(27-37)44(35)45(40)41)34-18-13-29-7-2-3-9-33(29)25-34/h2-22,25-28H,23-24H2,1H3. The smallest absolute Gasteiger partial charge is 0.00143 e. The van der Waals surface area contributed by atoms with Crippen molar-refractivity contribution in [3.63, 3.8) is 0 Å². The monoisotopic (exact) mass is 584 g/mol. The van der Waals surface area contributed by atoms with Crippen molar-refractivity contribution in [2.45, 2.75) is 25.2 Å². The van der Waals surface area contributed by atoms with E-state index in [-0.39, 0.29) is 0 Å². The van der Waals surface area contributed by atoms with E-state index in [1.54, 1.807) is 0 Å². The van der Waals surface area contributed by atoms with Crippen LogP contribution in [0.5, 0.6) is 0 Å². The minimum atomic E-state index is 0.331. The van der Waals surface area contributed by atoms with E-state index in [1.165, 1.54) is 106 Å². The highest BCUT2D eigenvalue weighted by Gasteiger charge is 2.39. The highest BCUT2D eigenvalue weighted by atomic mass is 14.4. The minimum absolute atomic E-state index is 0.331. The molecule has 0 aromatic heterocycles. The Morgan fingerprint density at radius 2 is 0.935 bits per heavy atom. The van der Waals surface area contributed by atoms with Gasteiger partial charge in [-0.05, 0) is 123 Å². The Labute approximate surface area is 268 Å². The first-order chi connectivity index (χ1) is 22.6. The third-order valence-corrected chi connectivity index (χ3v) is 10.8. The van der Waals surface area contributed by atoms with Gasteiger partial charge in [-0.15, -0.1) is 0 Å². The Morgan fingerprint density at radius 3 is 1.65 bits per heavy atom. The lowest BCUT2D eigenvalue weighted by molar-refractivity contribution is 0.791. The normalized spacial score (nSPS) is 14.2. The van der Waals surface area contributed by atoms with E-state index >= 15 is 0 Å². The van der Waals surface area contributed by atoms with E-state index in [2.05, 4.69) is 159 Å². The SMILES string of the molecule is CC1(c2cc3ccc4c(-c5ccc(-c6cccc7ccccc67)cc5)cc(-c5ccc6ccccc6c5)c5ccc(c2)c3c45)CC1. The van der Waals surface area contributed by atoms with Gasteiger partial charge in [0.25, 0.3) is 0 Å². The molecule has 0 heterocycles. The molecule has 9 aromatic carbocycles. The molecular weight excluding hydrogens is 553 g/mol. The fourth-order valence-electron chi connectivity index (χ4n) is 7.88. The highest BCUT2D eigenvalue weighted by Crippen LogP contribution is 2.51. The molecule has 9 aromatic rings. The molecule has 0 amide bonds. The molecule has 1 aliphatic rings. The lowest BCUT2D eigenvalue weighted by atomic mass is 9.83. The maximum atomic E-state index is 2.47. The van der Waals surface area contributed by atoms with Gasteiger partial charge in [-0.2, -0.15) is 0 Å². The topological polar surface area (TPSA) is 0 Å². The summed E-state index contributed by atoms with van der Waals surface area (Å²) in [7, 11) is 0. The first-order valence-corrected chi connectivity index (χ1v) is 16.5. The number of benzene rings is 9. The Bertz CT molecular complexity index is 2610. The summed E-state index contributed by atoms with van der Waals surface area (Å²) in [5.74, 6) is 0. The van der Waals surface area contributed by atoms with Gasteiger partial charge in [0.1, 0.15) is 0 Å². The maximum absolute atomic E-state index is 2.47. The van der Waals surface area contributed by atoms with Crippen molar-refractivity contribution < 1.29 is 0 Å². The van der Waals surface area contributed by atoms with Gasteiger partial charge in [0.2, 0.25) is 0 Å². The summed E-state index contributed by atoms with van der Waals surface area (Å²) >= 11 is 0. The van der Waals surface area contributed by atoms with E-state index in [1.807, 2.05) is 0 Å². The molecular formula is C46H32. The molecule has 10 rings (SSSR count). The van der Waals surface area contributed by atoms with Crippen LogP contribution in [-0.2, 0) is 5.41 Å². The van der Waals surface area contributed by atoms with Crippen molar-refractivity contribution in [2.75, 3.05) is 0 Å². The van der Waals surface area contributed by atoms with E-state index in [9.17, 15) is 0 Å². The summed E-state index contributed by atoms with van der Waals surface area (Å²) in [5, 5.41) is 13.2. The molecule has 0 heteroatoms. The molecule has 0 saturated heterocycles. The van der Waals surface area contributed by atoms with Crippen LogP contribution in [0.15, 0.2) is 152 Å². The fourth-order valence-corrected chi connectivity index (χ4v) is 7.88. The van der Waals surface area contributed by atoms with Crippen molar-refractivity contribution >= 4 is 53.9 Å². The second-order valence-corrected chi connectivity index (χ2v) is 13.6. The molecule has 0 N–H and O–H groups in total. The summed E-state index contributed by atoms with van der Waals surface area (Å²) in [4.78, 5) is 0. The molecule has 0 aliphatic heterocycles. The van der Waals surface area contributed by atoms with Crippen LogP contribution in [0, 0.1) is 0 Å². The van der Waals surface area contributed by atoms with Crippen molar-refractivity contribution in [2.24, 2.45) is 0 Å². The quantitative estimate of drug-likeness (QED) is 0.181. The molecule has 216 valence electrons. The summed E-state index contributed by atoms with van der Waals surface area (Å²) in [5.41, 5.74) is 9.42. The number of hydrogen-bond donors (Lipinski definition) is 0. The summed E-state index contributed by atoms with van der Waals surface area (Å²) in [6.07, 6.45) is 2.57. The first-order valence-electron chi connectivity index (χ1n) is 16.5. The van der Waals surface area contributed by atoms with Crippen LogP contribution in [0.3, 0.4) is 0 Å². The van der Waals surface area contributed by atoms with Gasteiger partial charge >= 0.3 is 0 Å². The van der Waals surface area contributed by atoms with Gasteiger partial charge in [-0.25, -0.2) is 0 Å². The van der Waals surface area contributed by atoms with E-state index in [0.29, 0.717) is 5.41 Å². The van der Waals surface area contributed by atoms with Crippen LogP contribution < -0.4 is 0 Å². The zero-order valence-corrected chi connectivity index (χ0v) is 25.8. The second-order valence-electron chi connectivity index (χ2n) is 13.6. The van der Waals surface area contributed by atoms with Gasteiger partial charge in [0.05, 0.1) is 0 Å². The predicted molar refractivity (Wildman–Crippen MR) is 198 cm³/mol. The van der Waals surface area contributed by atoms with Crippen LogP contribution in [0.1, 0.15) is 25.3 Å². The fraction of sp³-hybridized carbons (Fsp3) is 0.0870. The number of fused-ring (bicyclic) bond motifs is 2. The molecule has 1 fully saturated rings. The Balaban J connectivity index is 1.23.